The van der Waals surface area contributed by atoms with E-state index in [1.165, 1.54) is 13.2 Å². The maximum atomic E-state index is 12.8. The van der Waals surface area contributed by atoms with Crippen molar-refractivity contribution in [3.05, 3.63) is 41.5 Å². The number of benzene rings is 1. The van der Waals surface area contributed by atoms with Gasteiger partial charge in [-0.2, -0.15) is 0 Å². The highest BCUT2D eigenvalue weighted by Gasteiger charge is 2.45. The van der Waals surface area contributed by atoms with Crippen LogP contribution >= 0.6 is 0 Å². The van der Waals surface area contributed by atoms with Gasteiger partial charge in [0.15, 0.2) is 11.4 Å². The summed E-state index contributed by atoms with van der Waals surface area (Å²) in [6.45, 7) is 3.59. The number of ketones is 1. The minimum absolute atomic E-state index is 0.269. The molecule has 1 aliphatic carbocycles. The van der Waals surface area contributed by atoms with Crippen LogP contribution in [0.25, 0.3) is 5.76 Å². The van der Waals surface area contributed by atoms with Crippen LogP contribution in [-0.2, 0) is 24.7 Å². The summed E-state index contributed by atoms with van der Waals surface area (Å²) >= 11 is 0. The average Bonchev–Trinajstić information content (AvgIpc) is 2.52. The quantitative estimate of drug-likeness (QED) is 0.836. The molecule has 0 heterocycles. The zero-order valence-corrected chi connectivity index (χ0v) is 13.7. The average molecular weight is 318 g/mol. The van der Waals surface area contributed by atoms with E-state index in [9.17, 15) is 9.59 Å². The van der Waals surface area contributed by atoms with Crippen LogP contribution in [0, 0.1) is 5.92 Å². The second-order valence-corrected chi connectivity index (χ2v) is 6.06. The van der Waals surface area contributed by atoms with Crippen LogP contribution in [-0.4, -0.2) is 30.6 Å². The number of hydrogen-bond donors (Lipinski definition) is 1. The number of carbonyl (C=O) groups is 2. The third kappa shape index (κ3) is 3.45. The van der Waals surface area contributed by atoms with Crippen molar-refractivity contribution in [2.45, 2.75) is 32.3 Å². The molecule has 23 heavy (non-hydrogen) atoms. The lowest BCUT2D eigenvalue weighted by atomic mass is 9.77. The first-order valence-electron chi connectivity index (χ1n) is 7.66. The molecule has 5 nitrogen and oxygen atoms in total. The van der Waals surface area contributed by atoms with Gasteiger partial charge in [0.2, 0.25) is 0 Å². The topological polar surface area (TPSA) is 72.8 Å². The van der Waals surface area contributed by atoms with Crippen molar-refractivity contribution >= 4 is 17.5 Å². The molecule has 124 valence electrons. The van der Waals surface area contributed by atoms with Gasteiger partial charge in [-0.1, -0.05) is 38.1 Å². The molecule has 0 spiro atoms. The Labute approximate surface area is 135 Å². The van der Waals surface area contributed by atoms with Gasteiger partial charge >= 0.3 is 5.97 Å². The number of carbonyl (C=O) groups excluding carboxylic acids is 1. The van der Waals surface area contributed by atoms with Crippen LogP contribution in [0.15, 0.2) is 30.3 Å². The molecule has 0 bridgehead atoms. The SMILES string of the molecule is COC1=CC(=O)C(CCC(C)C)(OCC(=O)O)c2ccccc21. The fraction of sp³-hybridized carbons (Fsp3) is 0.444. The number of fused-ring (bicyclic) bond motifs is 1. The van der Waals surface area contributed by atoms with Gasteiger partial charge in [-0.05, 0) is 18.8 Å². The minimum Gasteiger partial charge on any atom is -0.496 e. The summed E-state index contributed by atoms with van der Waals surface area (Å²) in [5.74, 6) is -0.520. The van der Waals surface area contributed by atoms with Crippen molar-refractivity contribution in [3.8, 4) is 0 Å². The van der Waals surface area contributed by atoms with Crippen LogP contribution < -0.4 is 0 Å². The minimum atomic E-state index is -1.26. The maximum Gasteiger partial charge on any atom is 0.329 e. The van der Waals surface area contributed by atoms with E-state index < -0.39 is 18.2 Å². The van der Waals surface area contributed by atoms with E-state index in [1.807, 2.05) is 18.2 Å². The summed E-state index contributed by atoms with van der Waals surface area (Å²) in [6, 6.07) is 7.33. The predicted octanol–water partition coefficient (Wildman–Crippen LogP) is 2.99. The highest BCUT2D eigenvalue weighted by Crippen LogP contribution is 2.42. The Bertz CT molecular complexity index is 632. The van der Waals surface area contributed by atoms with Gasteiger partial charge in [0.1, 0.15) is 12.4 Å². The molecule has 2 rings (SSSR count). The van der Waals surface area contributed by atoms with E-state index in [0.29, 0.717) is 23.7 Å². The Morgan fingerprint density at radius 3 is 2.61 bits per heavy atom. The van der Waals surface area contributed by atoms with E-state index in [0.717, 1.165) is 12.0 Å². The van der Waals surface area contributed by atoms with Crippen molar-refractivity contribution in [1.82, 2.24) is 0 Å². The standard InChI is InChI=1S/C18H22O5/c1-12(2)8-9-18(23-11-17(20)21)14-7-5-4-6-13(14)15(22-3)10-16(18)19/h4-7,10,12H,8-9,11H2,1-3H3,(H,20,21). The monoisotopic (exact) mass is 318 g/mol. The molecular weight excluding hydrogens is 296 g/mol. The van der Waals surface area contributed by atoms with Crippen LogP contribution in [0.1, 0.15) is 37.8 Å². The smallest absolute Gasteiger partial charge is 0.329 e. The molecule has 0 amide bonds. The Morgan fingerprint density at radius 1 is 1.30 bits per heavy atom. The second-order valence-electron chi connectivity index (χ2n) is 6.06. The molecule has 1 N–H and O–H groups in total. The summed E-state index contributed by atoms with van der Waals surface area (Å²) in [6.07, 6.45) is 2.58. The van der Waals surface area contributed by atoms with Gasteiger partial charge in [-0.3, -0.25) is 4.79 Å². The number of carboxylic acids is 1. The van der Waals surface area contributed by atoms with E-state index in [4.69, 9.17) is 14.6 Å². The second kappa shape index (κ2) is 6.96. The zero-order chi connectivity index (χ0) is 17.0. The van der Waals surface area contributed by atoms with Crippen molar-refractivity contribution in [1.29, 1.82) is 0 Å². The number of rotatable bonds is 7. The van der Waals surface area contributed by atoms with Gasteiger partial charge in [0, 0.05) is 17.2 Å². The third-order valence-electron chi connectivity index (χ3n) is 4.02. The molecule has 0 aliphatic heterocycles. The number of hydrogen-bond acceptors (Lipinski definition) is 4. The lowest BCUT2D eigenvalue weighted by Gasteiger charge is -2.36. The molecule has 1 atom stereocenters. The molecule has 0 saturated carbocycles. The van der Waals surface area contributed by atoms with Crippen molar-refractivity contribution < 1.29 is 24.2 Å². The summed E-state index contributed by atoms with van der Waals surface area (Å²) in [7, 11) is 1.51. The summed E-state index contributed by atoms with van der Waals surface area (Å²) in [4.78, 5) is 23.8. The fourth-order valence-electron chi connectivity index (χ4n) is 2.82. The first kappa shape index (κ1) is 17.2. The van der Waals surface area contributed by atoms with Crippen LogP contribution in [0.4, 0.5) is 0 Å². The van der Waals surface area contributed by atoms with Gasteiger partial charge in [0.05, 0.1) is 7.11 Å². The molecule has 1 aromatic rings. The number of ether oxygens (including phenoxy) is 2. The molecule has 0 aromatic heterocycles. The Morgan fingerprint density at radius 2 is 2.00 bits per heavy atom. The molecular formula is C18H22O5. The van der Waals surface area contributed by atoms with Gasteiger partial charge in [0.25, 0.3) is 0 Å². The number of methoxy groups -OCH3 is 1. The Balaban J connectivity index is 2.52. The highest BCUT2D eigenvalue weighted by molar-refractivity contribution is 6.06. The lowest BCUT2D eigenvalue weighted by molar-refractivity contribution is -0.158. The van der Waals surface area contributed by atoms with Crippen LogP contribution in [0.5, 0.6) is 0 Å². The van der Waals surface area contributed by atoms with Gasteiger partial charge < -0.3 is 14.6 Å². The van der Waals surface area contributed by atoms with Gasteiger partial charge in [-0.25, -0.2) is 4.79 Å². The molecule has 1 aliphatic rings. The lowest BCUT2D eigenvalue weighted by Crippen LogP contribution is -2.42. The first-order valence-corrected chi connectivity index (χ1v) is 7.66. The largest absolute Gasteiger partial charge is 0.496 e. The Kier molecular flexibility index (Phi) is 5.21. The summed E-state index contributed by atoms with van der Waals surface area (Å²) < 4.78 is 11.0. The molecule has 1 aromatic carbocycles. The maximum absolute atomic E-state index is 12.8. The Hall–Kier alpha value is -2.14. The van der Waals surface area contributed by atoms with Crippen LogP contribution in [0.3, 0.4) is 0 Å². The predicted molar refractivity (Wildman–Crippen MR) is 85.8 cm³/mol. The van der Waals surface area contributed by atoms with Crippen molar-refractivity contribution in [2.24, 2.45) is 5.92 Å². The highest BCUT2D eigenvalue weighted by atomic mass is 16.5. The third-order valence-corrected chi connectivity index (χ3v) is 4.02. The normalized spacial score (nSPS) is 20.2. The molecule has 0 fully saturated rings. The molecule has 5 heteroatoms. The van der Waals surface area contributed by atoms with E-state index in [2.05, 4.69) is 13.8 Å². The van der Waals surface area contributed by atoms with Crippen LogP contribution in [0.2, 0.25) is 0 Å². The molecule has 0 saturated heterocycles. The van der Waals surface area contributed by atoms with E-state index >= 15 is 0 Å². The van der Waals surface area contributed by atoms with E-state index in [1.54, 1.807) is 6.07 Å². The summed E-state index contributed by atoms with van der Waals surface area (Å²) in [5.41, 5.74) is 0.177. The number of carboxylic acid groups (broad SMARTS) is 1. The van der Waals surface area contributed by atoms with Crippen molar-refractivity contribution in [3.63, 3.8) is 0 Å². The van der Waals surface area contributed by atoms with Crippen molar-refractivity contribution in [2.75, 3.05) is 13.7 Å². The fourth-order valence-corrected chi connectivity index (χ4v) is 2.82. The number of aliphatic carboxylic acids is 1. The summed E-state index contributed by atoms with van der Waals surface area (Å²) in [5, 5.41) is 8.99. The van der Waals surface area contributed by atoms with E-state index in [-0.39, 0.29) is 5.78 Å². The first-order chi connectivity index (χ1) is 10.9. The van der Waals surface area contributed by atoms with Gasteiger partial charge in [-0.15, -0.1) is 0 Å². The zero-order valence-electron chi connectivity index (χ0n) is 13.7. The molecule has 0 radical (unpaired) electrons. The molecule has 1 unspecified atom stereocenters.